The molecule has 102 valence electrons. The monoisotopic (exact) mass is 316 g/mol. The molecule has 0 spiro atoms. The fraction of sp³-hybridized carbons (Fsp3) is 0.385. The lowest BCUT2D eigenvalue weighted by Gasteiger charge is -2.32. The van der Waals surface area contributed by atoms with E-state index in [1.54, 1.807) is 23.1 Å². The zero-order valence-corrected chi connectivity index (χ0v) is 12.6. The number of carbonyl (C=O) groups excluding carboxylic acids is 1. The minimum Gasteiger partial charge on any atom is -0.393 e. The summed E-state index contributed by atoms with van der Waals surface area (Å²) in [5, 5.41) is 0.885. The van der Waals surface area contributed by atoms with Crippen molar-refractivity contribution < 1.29 is 4.79 Å². The molecule has 1 amide bonds. The van der Waals surface area contributed by atoms with E-state index in [1.165, 1.54) is 0 Å². The number of nitrogens with zero attached hydrogens (tertiary/aromatic N) is 1. The number of amides is 1. The summed E-state index contributed by atoms with van der Waals surface area (Å²) in [5.74, 6) is 0.00129. The predicted molar refractivity (Wildman–Crippen MR) is 81.9 cm³/mol. The molecule has 1 fully saturated rings. The van der Waals surface area contributed by atoms with Gasteiger partial charge in [0.2, 0.25) is 0 Å². The van der Waals surface area contributed by atoms with E-state index >= 15 is 0 Å². The van der Waals surface area contributed by atoms with Gasteiger partial charge in [-0.05, 0) is 31.0 Å². The molecular weight excluding hydrogens is 303 g/mol. The molecule has 19 heavy (non-hydrogen) atoms. The fourth-order valence-corrected chi connectivity index (χ4v) is 2.91. The maximum Gasteiger partial charge on any atom is 0.255 e. The van der Waals surface area contributed by atoms with Gasteiger partial charge in [0.15, 0.2) is 0 Å². The molecule has 2 N–H and O–H groups in total. The maximum absolute atomic E-state index is 12.4. The van der Waals surface area contributed by atoms with Crippen LogP contribution in [0.3, 0.4) is 0 Å². The van der Waals surface area contributed by atoms with Crippen molar-refractivity contribution in [3.63, 3.8) is 0 Å². The number of nitrogens with two attached hydrogens (primary N) is 1. The highest BCUT2D eigenvalue weighted by atomic mass is 35.5. The van der Waals surface area contributed by atoms with E-state index in [1.807, 2.05) is 0 Å². The Morgan fingerprint density at radius 3 is 2.79 bits per heavy atom. The molecule has 1 heterocycles. The van der Waals surface area contributed by atoms with Gasteiger partial charge >= 0.3 is 0 Å². The normalized spacial score (nSPS) is 19.3. The number of hydrogen-bond acceptors (Lipinski definition) is 2. The molecule has 1 aromatic rings. The minimum absolute atomic E-state index is 0.0948. The second-order valence-electron chi connectivity index (χ2n) is 4.62. The smallest absolute Gasteiger partial charge is 0.255 e. The highest BCUT2D eigenvalue weighted by Gasteiger charge is 2.26. The molecular formula is C13H14Cl2N2OS. The van der Waals surface area contributed by atoms with Crippen molar-refractivity contribution in [3.05, 3.63) is 33.8 Å². The van der Waals surface area contributed by atoms with Gasteiger partial charge in [-0.25, -0.2) is 0 Å². The first kappa shape index (κ1) is 14.6. The van der Waals surface area contributed by atoms with E-state index in [-0.39, 0.29) is 11.8 Å². The van der Waals surface area contributed by atoms with Gasteiger partial charge in [-0.15, -0.1) is 0 Å². The minimum atomic E-state index is -0.0948. The van der Waals surface area contributed by atoms with Gasteiger partial charge in [-0.1, -0.05) is 35.4 Å². The highest BCUT2D eigenvalue weighted by molar-refractivity contribution is 7.80. The first-order chi connectivity index (χ1) is 8.99. The summed E-state index contributed by atoms with van der Waals surface area (Å²) in [6.45, 7) is 1.27. The van der Waals surface area contributed by atoms with E-state index in [0.717, 1.165) is 12.8 Å². The van der Waals surface area contributed by atoms with Gasteiger partial charge in [0.05, 0.1) is 15.6 Å². The summed E-state index contributed by atoms with van der Waals surface area (Å²) in [6.07, 6.45) is 1.84. The first-order valence-electron chi connectivity index (χ1n) is 6.02. The van der Waals surface area contributed by atoms with E-state index < -0.39 is 0 Å². The van der Waals surface area contributed by atoms with Gasteiger partial charge < -0.3 is 10.6 Å². The fourth-order valence-electron chi connectivity index (χ4n) is 2.23. The molecule has 0 radical (unpaired) electrons. The number of piperidine rings is 1. The highest BCUT2D eigenvalue weighted by Crippen LogP contribution is 2.25. The lowest BCUT2D eigenvalue weighted by molar-refractivity contribution is 0.0704. The second kappa shape index (κ2) is 6.07. The molecule has 2 rings (SSSR count). The number of benzene rings is 1. The van der Waals surface area contributed by atoms with Crippen LogP contribution in [0.15, 0.2) is 18.2 Å². The summed E-state index contributed by atoms with van der Waals surface area (Å²) < 4.78 is 0. The molecule has 1 atom stereocenters. The van der Waals surface area contributed by atoms with Crippen molar-refractivity contribution >= 4 is 46.3 Å². The Bertz CT molecular complexity index is 521. The second-order valence-corrected chi connectivity index (χ2v) is 5.93. The molecule has 0 saturated carbocycles. The Morgan fingerprint density at radius 2 is 2.16 bits per heavy atom. The van der Waals surface area contributed by atoms with Crippen LogP contribution in [0.4, 0.5) is 0 Å². The van der Waals surface area contributed by atoms with Crippen LogP contribution in [0, 0.1) is 5.92 Å². The van der Waals surface area contributed by atoms with Crippen molar-refractivity contribution in [1.82, 2.24) is 4.90 Å². The lowest BCUT2D eigenvalue weighted by Crippen LogP contribution is -2.43. The van der Waals surface area contributed by atoms with Crippen LogP contribution < -0.4 is 5.73 Å². The molecule has 0 aromatic heterocycles. The Morgan fingerprint density at radius 1 is 1.42 bits per heavy atom. The SMILES string of the molecule is NC(=S)C1CCCN(C(=O)c2ccc(Cl)cc2Cl)C1. The third-order valence-electron chi connectivity index (χ3n) is 3.27. The third kappa shape index (κ3) is 3.38. The standard InChI is InChI=1S/C13H14Cl2N2OS/c14-9-3-4-10(11(15)6-9)13(18)17-5-1-2-8(7-17)12(16)19/h3-4,6,8H,1-2,5,7H2,(H2,16,19). The zero-order valence-electron chi connectivity index (χ0n) is 10.2. The first-order valence-corrected chi connectivity index (χ1v) is 7.19. The third-order valence-corrected chi connectivity index (χ3v) is 4.15. The number of rotatable bonds is 2. The molecule has 1 aromatic carbocycles. The molecule has 0 bridgehead atoms. The maximum atomic E-state index is 12.4. The van der Waals surface area contributed by atoms with Gasteiger partial charge in [0.25, 0.3) is 5.91 Å². The molecule has 1 unspecified atom stereocenters. The summed E-state index contributed by atoms with van der Waals surface area (Å²) in [6, 6.07) is 4.89. The quantitative estimate of drug-likeness (QED) is 0.853. The topological polar surface area (TPSA) is 46.3 Å². The average Bonchev–Trinajstić information content (AvgIpc) is 2.38. The van der Waals surface area contributed by atoms with E-state index in [2.05, 4.69) is 0 Å². The van der Waals surface area contributed by atoms with Crippen molar-refractivity contribution in [3.8, 4) is 0 Å². The Labute approximate surface area is 127 Å². The Hall–Kier alpha value is -0.840. The van der Waals surface area contributed by atoms with Crippen LogP contribution in [-0.2, 0) is 0 Å². The van der Waals surface area contributed by atoms with Gasteiger partial charge in [0, 0.05) is 24.0 Å². The number of carbonyl (C=O) groups is 1. The molecule has 1 saturated heterocycles. The van der Waals surface area contributed by atoms with Crippen LogP contribution in [0.25, 0.3) is 0 Å². The lowest BCUT2D eigenvalue weighted by atomic mass is 9.97. The Kier molecular flexibility index (Phi) is 4.66. The molecule has 1 aliphatic heterocycles. The largest absolute Gasteiger partial charge is 0.393 e. The zero-order chi connectivity index (χ0) is 14.0. The van der Waals surface area contributed by atoms with Gasteiger partial charge in [-0.2, -0.15) is 0 Å². The van der Waals surface area contributed by atoms with Crippen LogP contribution in [0.1, 0.15) is 23.2 Å². The molecule has 6 heteroatoms. The van der Waals surface area contributed by atoms with Crippen LogP contribution in [0.2, 0.25) is 10.0 Å². The number of hydrogen-bond donors (Lipinski definition) is 1. The van der Waals surface area contributed by atoms with Crippen molar-refractivity contribution in [2.24, 2.45) is 11.7 Å². The summed E-state index contributed by atoms with van der Waals surface area (Å²) in [4.78, 5) is 14.6. The predicted octanol–water partition coefficient (Wildman–Crippen LogP) is 3.13. The van der Waals surface area contributed by atoms with Crippen molar-refractivity contribution in [2.75, 3.05) is 13.1 Å². The summed E-state index contributed by atoms with van der Waals surface area (Å²) in [5.41, 5.74) is 6.14. The number of likely N-dealkylation sites (tertiary alicyclic amines) is 1. The average molecular weight is 317 g/mol. The van der Waals surface area contributed by atoms with Gasteiger partial charge in [0.1, 0.15) is 0 Å². The van der Waals surface area contributed by atoms with E-state index in [9.17, 15) is 4.79 Å². The van der Waals surface area contributed by atoms with Crippen LogP contribution in [0.5, 0.6) is 0 Å². The van der Waals surface area contributed by atoms with Crippen molar-refractivity contribution in [1.29, 1.82) is 0 Å². The summed E-state index contributed by atoms with van der Waals surface area (Å²) >= 11 is 16.9. The van der Waals surface area contributed by atoms with E-state index in [0.29, 0.717) is 33.7 Å². The number of halogens is 2. The van der Waals surface area contributed by atoms with Crippen molar-refractivity contribution in [2.45, 2.75) is 12.8 Å². The van der Waals surface area contributed by atoms with Crippen LogP contribution in [-0.4, -0.2) is 28.9 Å². The summed E-state index contributed by atoms with van der Waals surface area (Å²) in [7, 11) is 0. The molecule has 0 aliphatic carbocycles. The molecule has 3 nitrogen and oxygen atoms in total. The van der Waals surface area contributed by atoms with Crippen LogP contribution >= 0.6 is 35.4 Å². The number of thiocarbonyl (C=S) groups is 1. The Balaban J connectivity index is 2.17. The van der Waals surface area contributed by atoms with Gasteiger partial charge in [-0.3, -0.25) is 4.79 Å². The molecule has 1 aliphatic rings. The van der Waals surface area contributed by atoms with E-state index in [4.69, 9.17) is 41.2 Å².